The number of aromatic nitrogens is 1. The highest BCUT2D eigenvalue weighted by molar-refractivity contribution is 6.35. The lowest BCUT2D eigenvalue weighted by Crippen LogP contribution is -2.48. The lowest BCUT2D eigenvalue weighted by atomic mass is 10.2. The molecule has 3 rings (SSSR count). The molecule has 1 fully saturated rings. The van der Waals surface area contributed by atoms with Gasteiger partial charge in [-0.15, -0.1) is 0 Å². The van der Waals surface area contributed by atoms with Crippen molar-refractivity contribution in [1.82, 2.24) is 14.4 Å². The Morgan fingerprint density at radius 3 is 2.57 bits per heavy atom. The predicted molar refractivity (Wildman–Crippen MR) is 81.5 cm³/mol. The standard InChI is InChI=1S/C15H16ClN3O2/c1-17-13-4-2-3-12(16)11(13)9-14(17)15(21)19-7-5-18(10-20)6-8-19/h2-4,9-10H,5-8H2,1H3. The third-order valence-electron chi connectivity index (χ3n) is 4.00. The Bertz CT molecular complexity index is 702. The molecule has 2 aromatic rings. The highest BCUT2D eigenvalue weighted by Crippen LogP contribution is 2.26. The molecule has 1 aliphatic heterocycles. The number of hydrogen-bond acceptors (Lipinski definition) is 2. The summed E-state index contributed by atoms with van der Waals surface area (Å²) in [5.41, 5.74) is 1.56. The minimum atomic E-state index is -0.0182. The van der Waals surface area contributed by atoms with Gasteiger partial charge in [0.15, 0.2) is 0 Å². The highest BCUT2D eigenvalue weighted by Gasteiger charge is 2.24. The first-order valence-corrected chi connectivity index (χ1v) is 7.22. The summed E-state index contributed by atoms with van der Waals surface area (Å²) in [6.07, 6.45) is 0.832. The quantitative estimate of drug-likeness (QED) is 0.794. The summed E-state index contributed by atoms with van der Waals surface area (Å²) in [5, 5.41) is 1.53. The highest BCUT2D eigenvalue weighted by atomic mass is 35.5. The Kier molecular flexibility index (Phi) is 3.59. The van der Waals surface area contributed by atoms with Crippen molar-refractivity contribution in [1.29, 1.82) is 0 Å². The van der Waals surface area contributed by atoms with Crippen LogP contribution in [0.5, 0.6) is 0 Å². The maximum absolute atomic E-state index is 12.7. The minimum absolute atomic E-state index is 0.0182. The molecule has 6 heteroatoms. The van der Waals surface area contributed by atoms with Crippen molar-refractivity contribution < 1.29 is 9.59 Å². The molecule has 0 aliphatic carbocycles. The summed E-state index contributed by atoms with van der Waals surface area (Å²) in [5.74, 6) is -0.0182. The fraction of sp³-hybridized carbons (Fsp3) is 0.333. The average molecular weight is 306 g/mol. The molecular weight excluding hydrogens is 290 g/mol. The second-order valence-corrected chi connectivity index (χ2v) is 5.60. The molecule has 1 aromatic carbocycles. The number of piperazine rings is 1. The van der Waals surface area contributed by atoms with Gasteiger partial charge >= 0.3 is 0 Å². The normalized spacial score (nSPS) is 15.5. The van der Waals surface area contributed by atoms with Gasteiger partial charge < -0.3 is 14.4 Å². The molecule has 1 aliphatic rings. The Morgan fingerprint density at radius 2 is 1.95 bits per heavy atom. The Morgan fingerprint density at radius 1 is 1.24 bits per heavy atom. The number of fused-ring (bicyclic) bond motifs is 1. The van der Waals surface area contributed by atoms with Crippen LogP contribution < -0.4 is 0 Å². The van der Waals surface area contributed by atoms with E-state index in [9.17, 15) is 9.59 Å². The van der Waals surface area contributed by atoms with Crippen LogP contribution in [0.1, 0.15) is 10.5 Å². The second kappa shape index (κ2) is 5.41. The fourth-order valence-corrected chi connectivity index (χ4v) is 2.95. The molecule has 0 saturated carbocycles. The molecule has 0 N–H and O–H groups in total. The van der Waals surface area contributed by atoms with E-state index >= 15 is 0 Å². The molecule has 0 unspecified atom stereocenters. The van der Waals surface area contributed by atoms with Crippen molar-refractivity contribution in [2.45, 2.75) is 0 Å². The third kappa shape index (κ3) is 2.38. The number of hydrogen-bond donors (Lipinski definition) is 0. The van der Waals surface area contributed by atoms with Gasteiger partial charge in [0.05, 0.1) is 0 Å². The van der Waals surface area contributed by atoms with Crippen molar-refractivity contribution in [2.75, 3.05) is 26.2 Å². The van der Waals surface area contributed by atoms with E-state index in [4.69, 9.17) is 11.6 Å². The summed E-state index contributed by atoms with van der Waals surface area (Å²) in [7, 11) is 1.87. The van der Waals surface area contributed by atoms with Gasteiger partial charge in [0.2, 0.25) is 6.41 Å². The van der Waals surface area contributed by atoms with Gasteiger partial charge in [0, 0.05) is 49.2 Å². The SMILES string of the molecule is Cn1c(C(=O)N2CCN(C=O)CC2)cc2c(Cl)cccc21. The van der Waals surface area contributed by atoms with E-state index in [0.717, 1.165) is 17.3 Å². The van der Waals surface area contributed by atoms with Crippen molar-refractivity contribution in [2.24, 2.45) is 7.05 Å². The number of nitrogens with zero attached hydrogens (tertiary/aromatic N) is 3. The molecule has 0 atom stereocenters. The summed E-state index contributed by atoms with van der Waals surface area (Å²) in [6.45, 7) is 2.29. The molecule has 110 valence electrons. The molecule has 0 radical (unpaired) electrons. The number of carbonyl (C=O) groups is 2. The summed E-state index contributed by atoms with van der Waals surface area (Å²) in [6, 6.07) is 7.48. The lowest BCUT2D eigenvalue weighted by Gasteiger charge is -2.32. The largest absolute Gasteiger partial charge is 0.342 e. The van der Waals surface area contributed by atoms with Crippen LogP contribution in [-0.4, -0.2) is 52.9 Å². The van der Waals surface area contributed by atoms with E-state index < -0.39 is 0 Å². The number of aryl methyl sites for hydroxylation is 1. The number of benzene rings is 1. The van der Waals surface area contributed by atoms with Crippen LogP contribution in [0.15, 0.2) is 24.3 Å². The van der Waals surface area contributed by atoms with Gasteiger partial charge in [-0.1, -0.05) is 17.7 Å². The molecule has 5 nitrogen and oxygen atoms in total. The first kappa shape index (κ1) is 13.9. The van der Waals surface area contributed by atoms with E-state index in [1.165, 1.54) is 0 Å². The maximum Gasteiger partial charge on any atom is 0.270 e. The van der Waals surface area contributed by atoms with E-state index in [0.29, 0.717) is 36.9 Å². The number of halogens is 1. The van der Waals surface area contributed by atoms with E-state index in [1.54, 1.807) is 9.80 Å². The number of carbonyl (C=O) groups excluding carboxylic acids is 2. The molecular formula is C15H16ClN3O2. The van der Waals surface area contributed by atoms with Crippen molar-refractivity contribution in [3.63, 3.8) is 0 Å². The molecule has 1 saturated heterocycles. The van der Waals surface area contributed by atoms with Gasteiger partial charge in [0.1, 0.15) is 5.69 Å². The monoisotopic (exact) mass is 305 g/mol. The Balaban J connectivity index is 1.90. The van der Waals surface area contributed by atoms with Gasteiger partial charge in [-0.2, -0.15) is 0 Å². The average Bonchev–Trinajstić information content (AvgIpc) is 2.85. The van der Waals surface area contributed by atoms with Gasteiger partial charge in [-0.25, -0.2) is 0 Å². The first-order chi connectivity index (χ1) is 10.1. The van der Waals surface area contributed by atoms with Crippen LogP contribution in [0.25, 0.3) is 10.9 Å². The van der Waals surface area contributed by atoms with Crippen LogP contribution >= 0.6 is 11.6 Å². The lowest BCUT2D eigenvalue weighted by molar-refractivity contribution is -0.119. The maximum atomic E-state index is 12.7. The van der Waals surface area contributed by atoms with Crippen molar-refractivity contribution in [3.05, 3.63) is 35.0 Å². The van der Waals surface area contributed by atoms with Gasteiger partial charge in [-0.3, -0.25) is 9.59 Å². The second-order valence-electron chi connectivity index (χ2n) is 5.19. The van der Waals surface area contributed by atoms with Crippen LogP contribution in [0.4, 0.5) is 0 Å². The number of rotatable bonds is 2. The smallest absolute Gasteiger partial charge is 0.270 e. The number of amides is 2. The van der Waals surface area contributed by atoms with Crippen molar-refractivity contribution >= 4 is 34.8 Å². The predicted octanol–water partition coefficient (Wildman–Crippen LogP) is 1.75. The summed E-state index contributed by atoms with van der Waals surface area (Å²) < 4.78 is 1.87. The van der Waals surface area contributed by atoms with Crippen LogP contribution in [0.2, 0.25) is 5.02 Å². The summed E-state index contributed by atoms with van der Waals surface area (Å²) in [4.78, 5) is 26.8. The Labute approximate surface area is 127 Å². The summed E-state index contributed by atoms with van der Waals surface area (Å²) >= 11 is 6.19. The zero-order valence-corrected chi connectivity index (χ0v) is 12.5. The molecule has 21 heavy (non-hydrogen) atoms. The first-order valence-electron chi connectivity index (χ1n) is 6.84. The zero-order valence-electron chi connectivity index (χ0n) is 11.8. The Hall–Kier alpha value is -2.01. The third-order valence-corrected chi connectivity index (χ3v) is 4.33. The topological polar surface area (TPSA) is 45.6 Å². The van der Waals surface area contributed by atoms with E-state index in [2.05, 4.69) is 0 Å². The molecule has 2 amide bonds. The van der Waals surface area contributed by atoms with Gasteiger partial charge in [-0.05, 0) is 18.2 Å². The molecule has 2 heterocycles. The molecule has 0 spiro atoms. The molecule has 0 bridgehead atoms. The van der Waals surface area contributed by atoms with Crippen LogP contribution in [0.3, 0.4) is 0 Å². The fourth-order valence-electron chi connectivity index (χ4n) is 2.72. The zero-order chi connectivity index (χ0) is 15.0. The van der Waals surface area contributed by atoms with Crippen LogP contribution in [-0.2, 0) is 11.8 Å². The van der Waals surface area contributed by atoms with E-state index in [1.807, 2.05) is 35.9 Å². The van der Waals surface area contributed by atoms with Gasteiger partial charge in [0.25, 0.3) is 5.91 Å². The van der Waals surface area contributed by atoms with Crippen molar-refractivity contribution in [3.8, 4) is 0 Å². The minimum Gasteiger partial charge on any atom is -0.342 e. The molecule has 1 aromatic heterocycles. The van der Waals surface area contributed by atoms with E-state index in [-0.39, 0.29) is 5.91 Å². The van der Waals surface area contributed by atoms with Crippen LogP contribution in [0, 0.1) is 0 Å².